The van der Waals surface area contributed by atoms with Crippen LogP contribution in [-0.2, 0) is 16.9 Å². The highest BCUT2D eigenvalue weighted by atomic mass is 79.9. The second kappa shape index (κ2) is 7.31. The molecule has 0 spiro atoms. The van der Waals surface area contributed by atoms with Gasteiger partial charge in [0, 0.05) is 27.6 Å². The van der Waals surface area contributed by atoms with E-state index in [-0.39, 0.29) is 22.3 Å². The second-order valence-corrected chi connectivity index (χ2v) is 6.65. The average molecular weight is 415 g/mol. The van der Waals surface area contributed by atoms with Crippen LogP contribution in [0.4, 0.5) is 0 Å². The van der Waals surface area contributed by atoms with Crippen LogP contribution < -0.4 is 0 Å². The largest absolute Gasteiger partial charge is 0.358 e. The summed E-state index contributed by atoms with van der Waals surface area (Å²) in [6.07, 6.45) is 0. The van der Waals surface area contributed by atoms with Gasteiger partial charge in [-0.1, -0.05) is 88.7 Å². The molecule has 0 aliphatic carbocycles. The molecule has 5 heteroatoms. The molecule has 0 radical (unpaired) electrons. The summed E-state index contributed by atoms with van der Waals surface area (Å²) in [5, 5.41) is 43.9. The molecule has 0 aromatic heterocycles. The molecule has 0 saturated carbocycles. The van der Waals surface area contributed by atoms with Crippen molar-refractivity contribution in [1.82, 2.24) is 0 Å². The Bertz CT molecular complexity index is 877. The van der Waals surface area contributed by atoms with Crippen LogP contribution in [0.25, 0.3) is 0 Å². The van der Waals surface area contributed by atoms with Crippen LogP contribution in [0.5, 0.6) is 0 Å². The first-order valence-corrected chi connectivity index (χ1v) is 9.20. The lowest BCUT2D eigenvalue weighted by Gasteiger charge is -2.31. The van der Waals surface area contributed by atoms with Crippen LogP contribution in [0.1, 0.15) is 27.8 Å². The number of halogens is 1. The summed E-state index contributed by atoms with van der Waals surface area (Å²) in [4.78, 5) is 0. The van der Waals surface area contributed by atoms with Crippen molar-refractivity contribution in [2.24, 2.45) is 0 Å². The van der Waals surface area contributed by atoms with Gasteiger partial charge >= 0.3 is 0 Å². The van der Waals surface area contributed by atoms with Crippen LogP contribution in [0, 0.1) is 0 Å². The Morgan fingerprint density at radius 1 is 0.615 bits per heavy atom. The van der Waals surface area contributed by atoms with Gasteiger partial charge in [-0.25, -0.2) is 0 Å². The Balaban J connectivity index is 2.22. The third-order valence-corrected chi connectivity index (χ3v) is 4.99. The monoisotopic (exact) mass is 414 g/mol. The van der Waals surface area contributed by atoms with Gasteiger partial charge < -0.3 is 20.4 Å². The van der Waals surface area contributed by atoms with Crippen molar-refractivity contribution >= 4 is 15.9 Å². The highest BCUT2D eigenvalue weighted by Crippen LogP contribution is 2.37. The van der Waals surface area contributed by atoms with E-state index in [1.165, 1.54) is 6.07 Å². The van der Waals surface area contributed by atoms with Crippen LogP contribution in [0.15, 0.2) is 78.9 Å². The topological polar surface area (TPSA) is 80.9 Å². The summed E-state index contributed by atoms with van der Waals surface area (Å²) in [6, 6.07) is 21.3. The maximum Gasteiger partial charge on any atom is 0.217 e. The lowest BCUT2D eigenvalue weighted by Crippen LogP contribution is -2.35. The molecular weight excluding hydrogens is 396 g/mol. The van der Waals surface area contributed by atoms with Gasteiger partial charge in [-0.05, 0) is 11.6 Å². The third-order valence-electron chi connectivity index (χ3n) is 4.34. The Kier molecular flexibility index (Phi) is 5.27. The van der Waals surface area contributed by atoms with Crippen molar-refractivity contribution < 1.29 is 20.4 Å². The first-order valence-electron chi connectivity index (χ1n) is 8.07. The number of hydrogen-bond acceptors (Lipinski definition) is 4. The molecule has 4 N–H and O–H groups in total. The Hall–Kier alpha value is -2.02. The van der Waals surface area contributed by atoms with Crippen LogP contribution in [0.3, 0.4) is 0 Å². The van der Waals surface area contributed by atoms with E-state index in [2.05, 4.69) is 15.9 Å². The third kappa shape index (κ3) is 3.45. The molecule has 0 aliphatic heterocycles. The normalized spacial score (nSPS) is 12.2. The van der Waals surface area contributed by atoms with Crippen molar-refractivity contribution in [1.29, 1.82) is 0 Å². The predicted octanol–water partition coefficient (Wildman–Crippen LogP) is 2.95. The van der Waals surface area contributed by atoms with Crippen molar-refractivity contribution in [3.63, 3.8) is 0 Å². The van der Waals surface area contributed by atoms with Crippen LogP contribution in [0.2, 0.25) is 0 Å². The zero-order valence-electron chi connectivity index (χ0n) is 13.9. The lowest BCUT2D eigenvalue weighted by molar-refractivity contribution is -0.154. The Morgan fingerprint density at radius 2 is 1.08 bits per heavy atom. The van der Waals surface area contributed by atoms with E-state index in [1.54, 1.807) is 72.8 Å². The zero-order chi connectivity index (χ0) is 18.8. The summed E-state index contributed by atoms with van der Waals surface area (Å²) in [6.45, 7) is 0. The predicted molar refractivity (Wildman–Crippen MR) is 102 cm³/mol. The average Bonchev–Trinajstić information content (AvgIpc) is 2.68. The smallest absolute Gasteiger partial charge is 0.217 e. The van der Waals surface area contributed by atoms with Crippen LogP contribution >= 0.6 is 15.9 Å². The number of rotatable bonds is 5. The maximum atomic E-state index is 10.9. The number of aliphatic hydroxyl groups is 4. The van der Waals surface area contributed by atoms with Crippen molar-refractivity contribution in [2.45, 2.75) is 16.9 Å². The lowest BCUT2D eigenvalue weighted by atomic mass is 9.86. The van der Waals surface area contributed by atoms with Crippen molar-refractivity contribution in [2.75, 3.05) is 0 Å². The fourth-order valence-corrected chi connectivity index (χ4v) is 3.27. The first kappa shape index (κ1) is 18.8. The molecule has 26 heavy (non-hydrogen) atoms. The summed E-state index contributed by atoms with van der Waals surface area (Å²) < 4.78 is 0. The van der Waals surface area contributed by atoms with Gasteiger partial charge in [0.1, 0.15) is 0 Å². The molecule has 0 amide bonds. The zero-order valence-corrected chi connectivity index (χ0v) is 15.5. The van der Waals surface area contributed by atoms with E-state index in [1.807, 2.05) is 0 Å². The van der Waals surface area contributed by atoms with Crippen LogP contribution in [-0.4, -0.2) is 20.4 Å². The molecule has 0 atom stereocenters. The molecule has 0 fully saturated rings. The number of hydrogen-bond donors (Lipinski definition) is 4. The minimum absolute atomic E-state index is 0.00209. The SMILES string of the molecule is OC(O)(c1ccccc1)c1ccc(CBr)cc1C(O)(O)c1ccccc1. The van der Waals surface area contributed by atoms with E-state index in [9.17, 15) is 20.4 Å². The molecular formula is C21H19BrO4. The number of alkyl halides is 1. The molecule has 3 aromatic carbocycles. The molecule has 134 valence electrons. The van der Waals surface area contributed by atoms with E-state index in [0.717, 1.165) is 5.56 Å². The highest BCUT2D eigenvalue weighted by molar-refractivity contribution is 9.08. The van der Waals surface area contributed by atoms with E-state index >= 15 is 0 Å². The summed E-state index contributed by atoms with van der Waals surface area (Å²) in [5.41, 5.74) is 1.25. The van der Waals surface area contributed by atoms with E-state index in [4.69, 9.17) is 0 Å². The highest BCUT2D eigenvalue weighted by Gasteiger charge is 2.39. The standard InChI is InChI=1S/C21H19BrO4/c22-14-15-11-12-18(20(23,24)16-7-3-1-4-8-16)19(13-15)21(25,26)17-9-5-2-6-10-17/h1-13,23-26H,14H2. The molecule has 4 nitrogen and oxygen atoms in total. The first-order chi connectivity index (χ1) is 12.4. The Labute approximate surface area is 160 Å². The molecule has 0 bridgehead atoms. The van der Waals surface area contributed by atoms with Gasteiger partial charge in [0.2, 0.25) is 11.6 Å². The molecule has 3 rings (SSSR count). The van der Waals surface area contributed by atoms with Gasteiger partial charge in [-0.15, -0.1) is 0 Å². The Morgan fingerprint density at radius 3 is 1.54 bits per heavy atom. The minimum Gasteiger partial charge on any atom is -0.358 e. The van der Waals surface area contributed by atoms with Gasteiger partial charge in [0.15, 0.2) is 0 Å². The second-order valence-electron chi connectivity index (χ2n) is 6.09. The van der Waals surface area contributed by atoms with Gasteiger partial charge in [-0.3, -0.25) is 0 Å². The fourth-order valence-electron chi connectivity index (χ4n) is 2.92. The van der Waals surface area contributed by atoms with Gasteiger partial charge in [-0.2, -0.15) is 0 Å². The number of benzene rings is 3. The summed E-state index contributed by atoms with van der Waals surface area (Å²) in [5.74, 6) is -4.77. The molecule has 0 unspecified atom stereocenters. The van der Waals surface area contributed by atoms with Gasteiger partial charge in [0.05, 0.1) is 0 Å². The quantitative estimate of drug-likeness (QED) is 0.382. The van der Waals surface area contributed by atoms with Crippen molar-refractivity contribution in [3.05, 3.63) is 107 Å². The van der Waals surface area contributed by atoms with Gasteiger partial charge in [0.25, 0.3) is 0 Å². The molecule has 0 saturated heterocycles. The minimum atomic E-state index is -2.39. The molecule has 0 heterocycles. The summed E-state index contributed by atoms with van der Waals surface area (Å²) >= 11 is 3.35. The van der Waals surface area contributed by atoms with Crippen molar-refractivity contribution in [3.8, 4) is 0 Å². The van der Waals surface area contributed by atoms with E-state index in [0.29, 0.717) is 5.33 Å². The molecule has 0 aliphatic rings. The van der Waals surface area contributed by atoms with E-state index < -0.39 is 11.6 Å². The maximum absolute atomic E-state index is 10.9. The molecule has 3 aromatic rings. The fraction of sp³-hybridized carbons (Fsp3) is 0.143. The summed E-state index contributed by atoms with van der Waals surface area (Å²) in [7, 11) is 0.